The smallest absolute Gasteiger partial charge is 0.256 e. The maximum Gasteiger partial charge on any atom is 0.256 e. The average molecular weight is 312 g/mol. The third kappa shape index (κ3) is 2.98. The maximum absolute atomic E-state index is 12.6. The van der Waals surface area contributed by atoms with Crippen molar-refractivity contribution >= 4 is 23.6 Å². The lowest BCUT2D eigenvalue weighted by molar-refractivity contribution is 0.0929. The number of aliphatic imine (C=N–C) groups is 1. The molecule has 3 rings (SSSR count). The van der Waals surface area contributed by atoms with E-state index in [9.17, 15) is 9.59 Å². The van der Waals surface area contributed by atoms with E-state index in [2.05, 4.69) is 20.3 Å². The van der Waals surface area contributed by atoms with E-state index in [1.807, 2.05) is 6.92 Å². The molecule has 118 valence electrons. The number of carbonyl (C=O) groups is 2. The van der Waals surface area contributed by atoms with Gasteiger partial charge in [-0.05, 0) is 19.1 Å². The Labute approximate surface area is 132 Å². The van der Waals surface area contributed by atoms with Gasteiger partial charge in [-0.3, -0.25) is 14.6 Å². The van der Waals surface area contributed by atoms with E-state index in [0.29, 0.717) is 23.6 Å². The fourth-order valence-corrected chi connectivity index (χ4v) is 2.44. The van der Waals surface area contributed by atoms with E-state index in [1.54, 1.807) is 24.5 Å². The number of amides is 1. The number of ketones is 1. The molecule has 0 unspecified atom stereocenters. The molecule has 0 bridgehead atoms. The molecule has 0 saturated carbocycles. The number of ether oxygens (including phenoxy) is 1. The number of aromatic nitrogens is 2. The zero-order valence-corrected chi connectivity index (χ0v) is 12.6. The summed E-state index contributed by atoms with van der Waals surface area (Å²) in [7, 11) is 0. The Bertz CT molecular complexity index is 766. The summed E-state index contributed by atoms with van der Waals surface area (Å²) in [6.45, 7) is 2.51. The average Bonchev–Trinajstić information content (AvgIpc) is 3.07. The SMILES string of the molecule is CCOc1ccc2c(c1C(=O)NCc1cnc[nH]1)C(=O)CC=N2. The van der Waals surface area contributed by atoms with E-state index in [0.717, 1.165) is 5.69 Å². The standard InChI is InChI=1S/C16H16N4O3/c1-2-23-13-4-3-11-14(12(21)5-6-18-11)15(13)16(22)19-8-10-7-17-9-20-10/h3-4,6-7,9H,2,5,8H2,1H3,(H,17,20)(H,19,22). The molecule has 0 saturated heterocycles. The van der Waals surface area contributed by atoms with Crippen LogP contribution in [-0.4, -0.2) is 34.5 Å². The van der Waals surface area contributed by atoms with Gasteiger partial charge in [-0.1, -0.05) is 0 Å². The van der Waals surface area contributed by atoms with Crippen LogP contribution in [0.1, 0.15) is 39.8 Å². The van der Waals surface area contributed by atoms with Gasteiger partial charge in [-0.25, -0.2) is 4.98 Å². The second kappa shape index (κ2) is 6.43. The van der Waals surface area contributed by atoms with Crippen molar-refractivity contribution in [2.24, 2.45) is 4.99 Å². The van der Waals surface area contributed by atoms with Crippen LogP contribution < -0.4 is 10.1 Å². The van der Waals surface area contributed by atoms with Gasteiger partial charge in [0.1, 0.15) is 5.75 Å². The summed E-state index contributed by atoms with van der Waals surface area (Å²) in [5.74, 6) is -0.118. The molecule has 1 aromatic heterocycles. The van der Waals surface area contributed by atoms with Crippen LogP contribution in [0.25, 0.3) is 0 Å². The Kier molecular flexibility index (Phi) is 4.18. The summed E-state index contributed by atoms with van der Waals surface area (Å²) in [6, 6.07) is 3.36. The number of hydrogen-bond acceptors (Lipinski definition) is 5. The highest BCUT2D eigenvalue weighted by Crippen LogP contribution is 2.33. The lowest BCUT2D eigenvalue weighted by Crippen LogP contribution is -2.26. The molecule has 2 aromatic rings. The van der Waals surface area contributed by atoms with E-state index >= 15 is 0 Å². The van der Waals surface area contributed by atoms with Crippen LogP contribution in [0.5, 0.6) is 5.75 Å². The molecule has 2 N–H and O–H groups in total. The first-order chi connectivity index (χ1) is 11.2. The molecule has 7 nitrogen and oxygen atoms in total. The number of nitrogens with one attached hydrogen (secondary N) is 2. The molecule has 1 aliphatic heterocycles. The fraction of sp³-hybridized carbons (Fsp3) is 0.250. The third-order valence-corrected chi connectivity index (χ3v) is 3.45. The summed E-state index contributed by atoms with van der Waals surface area (Å²) < 4.78 is 5.52. The van der Waals surface area contributed by atoms with Gasteiger partial charge in [0.15, 0.2) is 5.78 Å². The van der Waals surface area contributed by atoms with Crippen molar-refractivity contribution in [2.45, 2.75) is 19.9 Å². The van der Waals surface area contributed by atoms with Crippen molar-refractivity contribution in [3.05, 3.63) is 41.5 Å². The first kappa shape index (κ1) is 15.0. The van der Waals surface area contributed by atoms with Crippen LogP contribution in [0, 0.1) is 0 Å². The van der Waals surface area contributed by atoms with Gasteiger partial charge in [0.2, 0.25) is 0 Å². The molecular formula is C16H16N4O3. The summed E-state index contributed by atoms with van der Waals surface area (Å²) in [6.07, 6.45) is 4.90. The highest BCUT2D eigenvalue weighted by molar-refractivity contribution is 6.17. The van der Waals surface area contributed by atoms with Crippen LogP contribution in [0.15, 0.2) is 29.6 Å². The second-order valence-corrected chi connectivity index (χ2v) is 4.96. The number of hydrogen-bond donors (Lipinski definition) is 2. The molecule has 0 radical (unpaired) electrons. The van der Waals surface area contributed by atoms with Gasteiger partial charge in [0.25, 0.3) is 5.91 Å². The summed E-state index contributed by atoms with van der Waals surface area (Å²) in [5.41, 5.74) is 1.83. The molecule has 1 amide bonds. The van der Waals surface area contributed by atoms with Crippen LogP contribution >= 0.6 is 0 Å². The molecular weight excluding hydrogens is 296 g/mol. The van der Waals surface area contributed by atoms with Gasteiger partial charge in [0, 0.05) is 18.8 Å². The van der Waals surface area contributed by atoms with E-state index in [1.165, 1.54) is 6.33 Å². The van der Waals surface area contributed by atoms with Crippen LogP contribution in [-0.2, 0) is 6.54 Å². The minimum atomic E-state index is -0.370. The molecule has 1 aliphatic rings. The van der Waals surface area contributed by atoms with Crippen molar-refractivity contribution in [3.8, 4) is 5.75 Å². The number of rotatable bonds is 5. The van der Waals surface area contributed by atoms with E-state index in [-0.39, 0.29) is 30.2 Å². The second-order valence-electron chi connectivity index (χ2n) is 4.96. The van der Waals surface area contributed by atoms with E-state index in [4.69, 9.17) is 4.74 Å². The molecule has 2 heterocycles. The topological polar surface area (TPSA) is 96.4 Å². The normalized spacial score (nSPS) is 12.8. The Morgan fingerprint density at radius 3 is 3.04 bits per heavy atom. The zero-order chi connectivity index (χ0) is 16.2. The first-order valence-electron chi connectivity index (χ1n) is 7.31. The molecule has 1 aromatic carbocycles. The minimum absolute atomic E-state index is 0.136. The van der Waals surface area contributed by atoms with Gasteiger partial charge in [0.05, 0.1) is 42.0 Å². The quantitative estimate of drug-likeness (QED) is 0.882. The van der Waals surface area contributed by atoms with Crippen molar-refractivity contribution in [1.82, 2.24) is 15.3 Å². The minimum Gasteiger partial charge on any atom is -0.493 e. The largest absolute Gasteiger partial charge is 0.493 e. The molecule has 23 heavy (non-hydrogen) atoms. The van der Waals surface area contributed by atoms with Crippen LogP contribution in [0.2, 0.25) is 0 Å². The zero-order valence-electron chi connectivity index (χ0n) is 12.6. The van der Waals surface area contributed by atoms with Gasteiger partial charge >= 0.3 is 0 Å². The lowest BCUT2D eigenvalue weighted by Gasteiger charge is -2.17. The number of H-pyrrole nitrogens is 1. The number of aromatic amines is 1. The number of Topliss-reactive ketones (excluding diaryl/α,β-unsaturated/α-hetero) is 1. The molecule has 0 spiro atoms. The molecule has 7 heteroatoms. The fourth-order valence-electron chi connectivity index (χ4n) is 2.44. The van der Waals surface area contributed by atoms with Gasteiger partial charge < -0.3 is 15.0 Å². The number of fused-ring (bicyclic) bond motifs is 1. The van der Waals surface area contributed by atoms with Crippen LogP contribution in [0.3, 0.4) is 0 Å². The summed E-state index contributed by atoms with van der Waals surface area (Å²) in [4.78, 5) is 35.9. The monoisotopic (exact) mass is 312 g/mol. The predicted octanol–water partition coefficient (Wildman–Crippen LogP) is 2.03. The number of benzene rings is 1. The molecule has 0 atom stereocenters. The highest BCUT2D eigenvalue weighted by atomic mass is 16.5. The van der Waals surface area contributed by atoms with Crippen LogP contribution in [0.4, 0.5) is 5.69 Å². The van der Waals surface area contributed by atoms with Crippen molar-refractivity contribution in [2.75, 3.05) is 6.61 Å². The predicted molar refractivity (Wildman–Crippen MR) is 84.5 cm³/mol. The Morgan fingerprint density at radius 1 is 1.43 bits per heavy atom. The Morgan fingerprint density at radius 2 is 2.30 bits per heavy atom. The van der Waals surface area contributed by atoms with Gasteiger partial charge in [-0.15, -0.1) is 0 Å². The Balaban J connectivity index is 1.96. The Hall–Kier alpha value is -2.96. The van der Waals surface area contributed by atoms with Crippen molar-refractivity contribution in [1.29, 1.82) is 0 Å². The maximum atomic E-state index is 12.6. The number of nitrogens with zero attached hydrogens (tertiary/aromatic N) is 2. The third-order valence-electron chi connectivity index (χ3n) is 3.45. The molecule has 0 fully saturated rings. The number of imidazole rings is 1. The lowest BCUT2D eigenvalue weighted by atomic mass is 9.96. The number of carbonyl (C=O) groups excluding carboxylic acids is 2. The summed E-state index contributed by atoms with van der Waals surface area (Å²) >= 11 is 0. The first-order valence-corrected chi connectivity index (χ1v) is 7.31. The van der Waals surface area contributed by atoms with Gasteiger partial charge in [-0.2, -0.15) is 0 Å². The molecule has 0 aliphatic carbocycles. The van der Waals surface area contributed by atoms with E-state index < -0.39 is 0 Å². The van der Waals surface area contributed by atoms with Crippen molar-refractivity contribution in [3.63, 3.8) is 0 Å². The summed E-state index contributed by atoms with van der Waals surface area (Å²) in [5, 5.41) is 2.78. The highest BCUT2D eigenvalue weighted by Gasteiger charge is 2.26. The van der Waals surface area contributed by atoms with Crippen molar-refractivity contribution < 1.29 is 14.3 Å².